The number of fused-ring (bicyclic) bond motifs is 1. The van der Waals surface area contributed by atoms with E-state index in [9.17, 15) is 0 Å². The summed E-state index contributed by atoms with van der Waals surface area (Å²) in [4.78, 5) is 8.06. The van der Waals surface area contributed by atoms with Crippen LogP contribution in [0.15, 0.2) is 18.7 Å². The Morgan fingerprint density at radius 3 is 2.67 bits per heavy atom. The average molecular weight is 164 g/mol. The molecule has 0 saturated heterocycles. The molecule has 64 valence electrons. The van der Waals surface area contributed by atoms with E-state index in [-0.39, 0.29) is 0 Å². The molecule has 12 heavy (non-hydrogen) atoms. The van der Waals surface area contributed by atoms with Crippen LogP contribution in [0, 0.1) is 6.92 Å². The van der Waals surface area contributed by atoms with Gasteiger partial charge in [-0.3, -0.25) is 4.98 Å². The van der Waals surface area contributed by atoms with Gasteiger partial charge in [-0.2, -0.15) is 5.10 Å². The van der Waals surface area contributed by atoms with Crippen molar-refractivity contribution in [1.82, 2.24) is 19.6 Å². The predicted molar refractivity (Wildman–Crippen MR) is 46.9 cm³/mol. The van der Waals surface area contributed by atoms with E-state index in [1.807, 2.05) is 20.8 Å². The fourth-order valence-corrected chi connectivity index (χ4v) is 0.884. The second-order valence-corrected chi connectivity index (χ2v) is 2.04. The smallest absolute Gasteiger partial charge is 0.176 e. The van der Waals surface area contributed by atoms with Crippen molar-refractivity contribution in [2.24, 2.45) is 0 Å². The standard InChI is InChI=1S/C6H6N4.C2H6/c1-5-6-8-4-9-10(6)3-2-7-5;1-2/h2-4H,1H3;1-2H3. The molecule has 0 unspecified atom stereocenters. The van der Waals surface area contributed by atoms with Gasteiger partial charge in [-0.15, -0.1) is 0 Å². The number of hydrogen-bond acceptors (Lipinski definition) is 3. The molecule has 0 radical (unpaired) electrons. The molecule has 2 heterocycles. The second-order valence-electron chi connectivity index (χ2n) is 2.04. The van der Waals surface area contributed by atoms with Crippen LogP contribution in [0.4, 0.5) is 0 Å². The fraction of sp³-hybridized carbons (Fsp3) is 0.375. The number of aryl methyl sites for hydroxylation is 1. The normalized spacial score (nSPS) is 9.25. The zero-order valence-electron chi connectivity index (χ0n) is 7.52. The van der Waals surface area contributed by atoms with Crippen molar-refractivity contribution < 1.29 is 0 Å². The number of nitrogens with zero attached hydrogens (tertiary/aromatic N) is 4. The van der Waals surface area contributed by atoms with E-state index in [0.29, 0.717) is 0 Å². The van der Waals surface area contributed by atoms with Gasteiger partial charge in [0.1, 0.15) is 6.33 Å². The molecule has 4 heteroatoms. The van der Waals surface area contributed by atoms with Gasteiger partial charge < -0.3 is 0 Å². The maximum absolute atomic E-state index is 4.06. The highest BCUT2D eigenvalue weighted by molar-refractivity contribution is 5.39. The first-order chi connectivity index (χ1) is 5.88. The summed E-state index contributed by atoms with van der Waals surface area (Å²) in [5, 5.41) is 3.95. The molecule has 2 aromatic rings. The first-order valence-electron chi connectivity index (χ1n) is 3.99. The van der Waals surface area contributed by atoms with Gasteiger partial charge in [0.2, 0.25) is 0 Å². The highest BCUT2D eigenvalue weighted by atomic mass is 15.3. The Bertz CT molecular complexity index is 353. The van der Waals surface area contributed by atoms with Crippen LogP contribution in [0.2, 0.25) is 0 Å². The summed E-state index contributed by atoms with van der Waals surface area (Å²) in [5.41, 5.74) is 1.72. The second kappa shape index (κ2) is 3.80. The zero-order chi connectivity index (χ0) is 8.97. The van der Waals surface area contributed by atoms with E-state index in [2.05, 4.69) is 15.1 Å². The lowest BCUT2D eigenvalue weighted by Gasteiger charge is -1.91. The van der Waals surface area contributed by atoms with E-state index in [0.717, 1.165) is 11.3 Å². The minimum atomic E-state index is 0.822. The third-order valence-electron chi connectivity index (χ3n) is 1.37. The molecule has 0 aromatic carbocycles. The van der Waals surface area contributed by atoms with Crippen LogP contribution >= 0.6 is 0 Å². The van der Waals surface area contributed by atoms with Gasteiger partial charge in [0.25, 0.3) is 0 Å². The van der Waals surface area contributed by atoms with Crippen molar-refractivity contribution in [2.75, 3.05) is 0 Å². The Hall–Kier alpha value is -1.45. The maximum atomic E-state index is 4.06. The molecule has 0 spiro atoms. The van der Waals surface area contributed by atoms with E-state index in [1.165, 1.54) is 6.33 Å². The molecule has 0 N–H and O–H groups in total. The molecule has 0 bridgehead atoms. The molecule has 4 nitrogen and oxygen atoms in total. The van der Waals surface area contributed by atoms with Crippen LogP contribution in [0.5, 0.6) is 0 Å². The topological polar surface area (TPSA) is 43.1 Å². The first kappa shape index (κ1) is 8.64. The molecular weight excluding hydrogens is 152 g/mol. The van der Waals surface area contributed by atoms with Gasteiger partial charge in [0.15, 0.2) is 5.65 Å². The first-order valence-corrected chi connectivity index (χ1v) is 3.99. The van der Waals surface area contributed by atoms with E-state index < -0.39 is 0 Å². The fourth-order valence-electron chi connectivity index (χ4n) is 0.884. The number of aromatic nitrogens is 4. The molecule has 0 fully saturated rings. The Morgan fingerprint density at radius 2 is 2.00 bits per heavy atom. The van der Waals surface area contributed by atoms with Crippen LogP contribution in [0.1, 0.15) is 19.5 Å². The van der Waals surface area contributed by atoms with E-state index in [4.69, 9.17) is 0 Å². The Labute approximate surface area is 71.3 Å². The Balaban J connectivity index is 0.000000336. The lowest BCUT2D eigenvalue weighted by atomic mass is 10.5. The van der Waals surface area contributed by atoms with Crippen LogP contribution < -0.4 is 0 Å². The summed E-state index contributed by atoms with van der Waals surface area (Å²) in [6.07, 6.45) is 5.00. The highest BCUT2D eigenvalue weighted by Crippen LogP contribution is 1.99. The number of hydrogen-bond donors (Lipinski definition) is 0. The quantitative estimate of drug-likeness (QED) is 0.592. The predicted octanol–water partition coefficient (Wildman–Crippen LogP) is 1.46. The van der Waals surface area contributed by atoms with Crippen molar-refractivity contribution in [1.29, 1.82) is 0 Å². The molecule has 2 aromatic heterocycles. The summed E-state index contributed by atoms with van der Waals surface area (Å²) in [6, 6.07) is 0. The van der Waals surface area contributed by atoms with E-state index in [1.54, 1.807) is 16.9 Å². The zero-order valence-corrected chi connectivity index (χ0v) is 7.52. The molecule has 0 atom stereocenters. The molecule has 0 aliphatic heterocycles. The maximum Gasteiger partial charge on any atom is 0.176 e. The van der Waals surface area contributed by atoms with Gasteiger partial charge in [-0.1, -0.05) is 13.8 Å². The average Bonchev–Trinajstić information content (AvgIpc) is 2.57. The van der Waals surface area contributed by atoms with Gasteiger partial charge in [0.05, 0.1) is 5.69 Å². The molecule has 0 saturated carbocycles. The van der Waals surface area contributed by atoms with Crippen molar-refractivity contribution in [3.63, 3.8) is 0 Å². The molecule has 0 aliphatic carbocycles. The molecule has 2 rings (SSSR count). The molecule has 0 amide bonds. The third-order valence-corrected chi connectivity index (χ3v) is 1.37. The largest absolute Gasteiger partial charge is 0.256 e. The van der Waals surface area contributed by atoms with Gasteiger partial charge in [-0.05, 0) is 6.92 Å². The highest BCUT2D eigenvalue weighted by Gasteiger charge is 1.96. The monoisotopic (exact) mass is 164 g/mol. The summed E-state index contributed by atoms with van der Waals surface area (Å²) >= 11 is 0. The summed E-state index contributed by atoms with van der Waals surface area (Å²) in [5.74, 6) is 0. The minimum absolute atomic E-state index is 0.822. The third kappa shape index (κ3) is 1.42. The Kier molecular flexibility index (Phi) is 2.74. The van der Waals surface area contributed by atoms with Gasteiger partial charge >= 0.3 is 0 Å². The van der Waals surface area contributed by atoms with Crippen LogP contribution in [0.3, 0.4) is 0 Å². The van der Waals surface area contributed by atoms with Crippen molar-refractivity contribution in [3.8, 4) is 0 Å². The molecule has 0 aliphatic rings. The minimum Gasteiger partial charge on any atom is -0.256 e. The SMILES string of the molecule is CC.Cc1nccn2ncnc12. The summed E-state index contributed by atoms with van der Waals surface area (Å²) in [6.45, 7) is 5.91. The van der Waals surface area contributed by atoms with Gasteiger partial charge in [-0.25, -0.2) is 9.50 Å². The van der Waals surface area contributed by atoms with Crippen LogP contribution in [-0.2, 0) is 0 Å². The molecular formula is C8H12N4. The summed E-state index contributed by atoms with van der Waals surface area (Å²) in [7, 11) is 0. The summed E-state index contributed by atoms with van der Waals surface area (Å²) < 4.78 is 1.70. The van der Waals surface area contributed by atoms with Crippen molar-refractivity contribution in [3.05, 3.63) is 24.4 Å². The van der Waals surface area contributed by atoms with E-state index >= 15 is 0 Å². The lowest BCUT2D eigenvalue weighted by Crippen LogP contribution is -1.90. The van der Waals surface area contributed by atoms with Crippen molar-refractivity contribution in [2.45, 2.75) is 20.8 Å². The van der Waals surface area contributed by atoms with Crippen LogP contribution in [-0.4, -0.2) is 19.6 Å². The lowest BCUT2D eigenvalue weighted by molar-refractivity contribution is 0.934. The number of rotatable bonds is 0. The Morgan fingerprint density at radius 1 is 1.25 bits per heavy atom. The van der Waals surface area contributed by atoms with Crippen molar-refractivity contribution >= 4 is 5.65 Å². The van der Waals surface area contributed by atoms with Gasteiger partial charge in [0, 0.05) is 12.4 Å². The van der Waals surface area contributed by atoms with Crippen LogP contribution in [0.25, 0.3) is 5.65 Å².